The molecule has 6 heteroatoms. The monoisotopic (exact) mass is 454 g/mol. The quantitative estimate of drug-likeness (QED) is 0.381. The Kier molecular flexibility index (Phi) is 6.25. The highest BCUT2D eigenvalue weighted by Gasteiger charge is 2.29. The van der Waals surface area contributed by atoms with Crippen LogP contribution in [0.4, 0.5) is 4.79 Å². The number of hydrogen-bond acceptors (Lipinski definition) is 5. The van der Waals surface area contributed by atoms with Crippen LogP contribution in [0.25, 0.3) is 22.0 Å². The number of aliphatic hydroxyl groups is 2. The van der Waals surface area contributed by atoms with Crippen LogP contribution in [0.1, 0.15) is 35.1 Å². The minimum atomic E-state index is -1.11. The van der Waals surface area contributed by atoms with Crippen LogP contribution < -0.4 is 5.32 Å². The number of nitrogens with one attached hydrogen (secondary N) is 1. The molecule has 1 amide bonds. The Hall–Kier alpha value is -3.74. The summed E-state index contributed by atoms with van der Waals surface area (Å²) in [6.07, 6.45) is -0.877. The van der Waals surface area contributed by atoms with Crippen molar-refractivity contribution in [1.29, 1.82) is 0 Å². The lowest BCUT2D eigenvalue weighted by Gasteiger charge is -2.19. The van der Waals surface area contributed by atoms with Gasteiger partial charge < -0.3 is 20.3 Å². The molecule has 2 unspecified atom stereocenters. The van der Waals surface area contributed by atoms with E-state index in [1.807, 2.05) is 48.5 Å². The van der Waals surface area contributed by atoms with Gasteiger partial charge in [-0.15, -0.1) is 0 Å². The lowest BCUT2D eigenvalue weighted by molar-refractivity contribution is 0.0144. The maximum absolute atomic E-state index is 12.3. The number of pyridine rings is 1. The lowest BCUT2D eigenvalue weighted by atomic mass is 9.98. The summed E-state index contributed by atoms with van der Waals surface area (Å²) < 4.78 is 5.52. The van der Waals surface area contributed by atoms with Crippen molar-refractivity contribution in [2.75, 3.05) is 13.2 Å². The molecule has 0 spiro atoms. The van der Waals surface area contributed by atoms with Gasteiger partial charge in [0, 0.05) is 29.6 Å². The number of amides is 1. The van der Waals surface area contributed by atoms with Gasteiger partial charge in [0.25, 0.3) is 0 Å². The van der Waals surface area contributed by atoms with Gasteiger partial charge in [0.15, 0.2) is 0 Å². The highest BCUT2D eigenvalue weighted by Crippen LogP contribution is 2.44. The first-order valence-corrected chi connectivity index (χ1v) is 11.4. The molecule has 2 atom stereocenters. The number of nitrogens with zero attached hydrogens (tertiary/aromatic N) is 1. The third kappa shape index (κ3) is 4.25. The van der Waals surface area contributed by atoms with Gasteiger partial charge in [-0.05, 0) is 34.7 Å². The number of carbonyl (C=O) groups excluding carboxylic acids is 1. The first kappa shape index (κ1) is 22.1. The smallest absolute Gasteiger partial charge is 0.407 e. The average molecular weight is 455 g/mol. The Morgan fingerprint density at radius 3 is 2.32 bits per heavy atom. The molecule has 1 aromatic heterocycles. The van der Waals surface area contributed by atoms with E-state index in [4.69, 9.17) is 4.74 Å². The summed E-state index contributed by atoms with van der Waals surface area (Å²) in [5.41, 5.74) is 5.87. The standard InChI is InChI=1S/C28H26N2O4/c31-25(27(32)23-13-5-7-18-8-6-15-29-26(18)23)14-16-30-28(33)34-17-24-21-11-3-1-9-19(21)20-10-2-4-12-22(20)24/h1-13,15,24-25,27,31-32H,14,16-17H2,(H,30,33). The minimum absolute atomic E-state index is 0.00979. The second-order valence-electron chi connectivity index (χ2n) is 8.48. The van der Waals surface area contributed by atoms with Crippen molar-refractivity contribution in [1.82, 2.24) is 10.3 Å². The molecule has 0 radical (unpaired) electrons. The largest absolute Gasteiger partial charge is 0.449 e. The molecule has 0 fully saturated rings. The van der Waals surface area contributed by atoms with Crippen LogP contribution in [-0.4, -0.2) is 40.5 Å². The Balaban J connectivity index is 1.15. The summed E-state index contributed by atoms with van der Waals surface area (Å²) in [7, 11) is 0. The van der Waals surface area contributed by atoms with Crippen LogP contribution in [0.3, 0.4) is 0 Å². The third-order valence-corrected chi connectivity index (χ3v) is 6.40. The van der Waals surface area contributed by atoms with Crippen LogP contribution in [0.5, 0.6) is 0 Å². The lowest BCUT2D eigenvalue weighted by Crippen LogP contribution is -2.30. The Morgan fingerprint density at radius 1 is 0.912 bits per heavy atom. The van der Waals surface area contributed by atoms with Gasteiger partial charge in [0.1, 0.15) is 12.7 Å². The Bertz CT molecular complexity index is 1270. The van der Waals surface area contributed by atoms with Crippen LogP contribution in [0, 0.1) is 0 Å². The van der Waals surface area contributed by atoms with E-state index >= 15 is 0 Å². The van der Waals surface area contributed by atoms with Gasteiger partial charge in [-0.2, -0.15) is 0 Å². The fraction of sp³-hybridized carbons (Fsp3) is 0.214. The predicted molar refractivity (Wildman–Crippen MR) is 130 cm³/mol. The maximum atomic E-state index is 12.3. The number of aromatic nitrogens is 1. The topological polar surface area (TPSA) is 91.7 Å². The van der Waals surface area contributed by atoms with Crippen molar-refractivity contribution in [2.45, 2.75) is 24.5 Å². The zero-order valence-electron chi connectivity index (χ0n) is 18.6. The van der Waals surface area contributed by atoms with Gasteiger partial charge in [-0.25, -0.2) is 4.79 Å². The molecule has 0 bridgehead atoms. The van der Waals surface area contributed by atoms with Gasteiger partial charge in [-0.3, -0.25) is 4.98 Å². The number of ether oxygens (including phenoxy) is 1. The fourth-order valence-corrected chi connectivity index (χ4v) is 4.70. The number of para-hydroxylation sites is 1. The summed E-state index contributed by atoms with van der Waals surface area (Å²) in [5.74, 6) is -0.00979. The van der Waals surface area contributed by atoms with E-state index in [0.717, 1.165) is 16.5 Å². The van der Waals surface area contributed by atoms with Gasteiger partial charge in [0.2, 0.25) is 0 Å². The zero-order valence-corrected chi connectivity index (χ0v) is 18.6. The van der Waals surface area contributed by atoms with E-state index in [-0.39, 0.29) is 25.5 Å². The SMILES string of the molecule is O=C(NCCC(O)C(O)c1cccc2cccnc12)OCC1c2ccccc2-c2ccccc21. The molecule has 6 nitrogen and oxygen atoms in total. The summed E-state index contributed by atoms with van der Waals surface area (Å²) in [6.45, 7) is 0.403. The molecule has 0 saturated heterocycles. The highest BCUT2D eigenvalue weighted by atomic mass is 16.5. The highest BCUT2D eigenvalue weighted by molar-refractivity contribution is 5.82. The van der Waals surface area contributed by atoms with Crippen molar-refractivity contribution < 1.29 is 19.7 Å². The summed E-state index contributed by atoms with van der Waals surface area (Å²) in [5, 5.41) is 24.7. The van der Waals surface area contributed by atoms with E-state index < -0.39 is 18.3 Å². The first-order chi connectivity index (χ1) is 16.6. The molecule has 3 N–H and O–H groups in total. The maximum Gasteiger partial charge on any atom is 0.407 e. The molecular formula is C28H26N2O4. The van der Waals surface area contributed by atoms with Crippen molar-refractivity contribution >= 4 is 17.0 Å². The Morgan fingerprint density at radius 2 is 1.59 bits per heavy atom. The van der Waals surface area contributed by atoms with E-state index in [9.17, 15) is 15.0 Å². The molecule has 172 valence electrons. The van der Waals surface area contributed by atoms with E-state index in [2.05, 4.69) is 34.6 Å². The first-order valence-electron chi connectivity index (χ1n) is 11.4. The van der Waals surface area contributed by atoms with Gasteiger partial charge in [-0.1, -0.05) is 72.8 Å². The fourth-order valence-electron chi connectivity index (χ4n) is 4.70. The number of benzene rings is 3. The summed E-state index contributed by atoms with van der Waals surface area (Å²) in [4.78, 5) is 16.7. The Labute approximate surface area is 197 Å². The molecule has 1 aliphatic rings. The molecule has 0 aliphatic heterocycles. The molecular weight excluding hydrogens is 428 g/mol. The third-order valence-electron chi connectivity index (χ3n) is 6.40. The average Bonchev–Trinajstić information content (AvgIpc) is 3.20. The second kappa shape index (κ2) is 9.63. The number of aliphatic hydroxyl groups excluding tert-OH is 2. The molecule has 3 aromatic carbocycles. The van der Waals surface area contributed by atoms with Crippen LogP contribution in [0.15, 0.2) is 85.1 Å². The zero-order chi connectivity index (χ0) is 23.5. The number of hydrogen-bond donors (Lipinski definition) is 3. The van der Waals surface area contributed by atoms with Crippen LogP contribution in [-0.2, 0) is 4.74 Å². The number of alkyl carbamates (subject to hydrolysis) is 1. The van der Waals surface area contributed by atoms with Gasteiger partial charge >= 0.3 is 6.09 Å². The molecule has 5 rings (SSSR count). The van der Waals surface area contributed by atoms with Crippen LogP contribution in [0.2, 0.25) is 0 Å². The second-order valence-corrected chi connectivity index (χ2v) is 8.48. The summed E-state index contributed by atoms with van der Waals surface area (Å²) >= 11 is 0. The number of fused-ring (bicyclic) bond motifs is 4. The number of carbonyl (C=O) groups is 1. The van der Waals surface area contributed by atoms with E-state index in [1.165, 1.54) is 11.1 Å². The summed E-state index contributed by atoms with van der Waals surface area (Å²) in [6, 6.07) is 25.6. The molecule has 34 heavy (non-hydrogen) atoms. The van der Waals surface area contributed by atoms with Crippen molar-refractivity contribution in [3.63, 3.8) is 0 Å². The van der Waals surface area contributed by atoms with Crippen molar-refractivity contribution in [3.05, 3.63) is 102 Å². The minimum Gasteiger partial charge on any atom is -0.449 e. The molecule has 1 heterocycles. The van der Waals surface area contributed by atoms with Crippen molar-refractivity contribution in [2.24, 2.45) is 0 Å². The van der Waals surface area contributed by atoms with Gasteiger partial charge in [0.05, 0.1) is 11.6 Å². The van der Waals surface area contributed by atoms with Crippen LogP contribution >= 0.6 is 0 Å². The number of rotatable bonds is 7. The normalized spacial score (nSPS) is 14.3. The molecule has 1 aliphatic carbocycles. The predicted octanol–water partition coefficient (Wildman–Crippen LogP) is 4.56. The van der Waals surface area contributed by atoms with Crippen molar-refractivity contribution in [3.8, 4) is 11.1 Å². The molecule has 0 saturated carbocycles. The van der Waals surface area contributed by atoms with E-state index in [0.29, 0.717) is 11.1 Å². The molecule has 4 aromatic rings. The van der Waals surface area contributed by atoms with E-state index in [1.54, 1.807) is 12.3 Å².